The number of hydrogen-bond donors (Lipinski definition) is 1. The lowest BCUT2D eigenvalue weighted by Gasteiger charge is -2.10. The standard InChI is InChI=1S/C26H18N2/c1-3-9-18(10-4-1)25-20-15-16-27-22(20)17-24-26(25)21-13-7-8-14-23(21)28(24)19-11-5-2-6-12-19/h1-17,27H. The molecular formula is C26H18N2. The number of aromatic nitrogens is 2. The molecule has 6 rings (SSSR count). The predicted octanol–water partition coefficient (Wildman–Crippen LogP) is 6.93. The fourth-order valence-corrected chi connectivity index (χ4v) is 4.41. The van der Waals surface area contributed by atoms with Crippen molar-refractivity contribution in [2.75, 3.05) is 0 Å². The van der Waals surface area contributed by atoms with Gasteiger partial charge in [0.05, 0.1) is 11.0 Å². The molecule has 0 bridgehead atoms. The Morgan fingerprint density at radius 2 is 1.32 bits per heavy atom. The predicted molar refractivity (Wildman–Crippen MR) is 118 cm³/mol. The van der Waals surface area contributed by atoms with Crippen molar-refractivity contribution in [1.29, 1.82) is 0 Å². The van der Waals surface area contributed by atoms with Crippen LogP contribution >= 0.6 is 0 Å². The van der Waals surface area contributed by atoms with Crippen molar-refractivity contribution in [2.45, 2.75) is 0 Å². The lowest BCUT2D eigenvalue weighted by molar-refractivity contribution is 1.18. The maximum Gasteiger partial charge on any atom is 0.0568 e. The summed E-state index contributed by atoms with van der Waals surface area (Å²) in [7, 11) is 0. The quantitative estimate of drug-likeness (QED) is 0.346. The Balaban J connectivity index is 1.89. The van der Waals surface area contributed by atoms with Gasteiger partial charge in [0.1, 0.15) is 0 Å². The Kier molecular flexibility index (Phi) is 3.20. The van der Waals surface area contributed by atoms with Crippen molar-refractivity contribution in [2.24, 2.45) is 0 Å². The largest absolute Gasteiger partial charge is 0.361 e. The summed E-state index contributed by atoms with van der Waals surface area (Å²) < 4.78 is 2.37. The first-order valence-corrected chi connectivity index (χ1v) is 9.56. The molecule has 0 aliphatic heterocycles. The van der Waals surface area contributed by atoms with Crippen LogP contribution in [0.2, 0.25) is 0 Å². The maximum absolute atomic E-state index is 3.43. The summed E-state index contributed by atoms with van der Waals surface area (Å²) >= 11 is 0. The molecule has 2 heterocycles. The summed E-state index contributed by atoms with van der Waals surface area (Å²) in [5, 5.41) is 3.84. The number of H-pyrrole nitrogens is 1. The second-order valence-electron chi connectivity index (χ2n) is 7.14. The lowest BCUT2D eigenvalue weighted by Crippen LogP contribution is -1.93. The number of fused-ring (bicyclic) bond motifs is 4. The normalized spacial score (nSPS) is 11.6. The zero-order valence-corrected chi connectivity index (χ0v) is 15.3. The average Bonchev–Trinajstić information content (AvgIpc) is 3.35. The SMILES string of the molecule is c1ccc(-c2c3cc[nH]c3cc3c2c2ccccc2n3-c2ccccc2)cc1. The van der Waals surface area contributed by atoms with E-state index in [1.54, 1.807) is 0 Å². The van der Waals surface area contributed by atoms with E-state index >= 15 is 0 Å². The molecule has 0 saturated carbocycles. The van der Waals surface area contributed by atoms with Crippen LogP contribution in [0, 0.1) is 0 Å². The maximum atomic E-state index is 3.43. The van der Waals surface area contributed by atoms with Crippen LogP contribution in [0.5, 0.6) is 0 Å². The summed E-state index contributed by atoms with van der Waals surface area (Å²) in [4.78, 5) is 3.43. The Labute approximate surface area is 162 Å². The number of rotatable bonds is 2. The van der Waals surface area contributed by atoms with Crippen LogP contribution in [0.15, 0.2) is 103 Å². The molecule has 4 aromatic carbocycles. The van der Waals surface area contributed by atoms with Gasteiger partial charge in [-0.1, -0.05) is 66.7 Å². The summed E-state index contributed by atoms with van der Waals surface area (Å²) in [6, 6.07) is 34.5. The van der Waals surface area contributed by atoms with Crippen LogP contribution < -0.4 is 0 Å². The molecule has 0 atom stereocenters. The second-order valence-corrected chi connectivity index (χ2v) is 7.14. The molecule has 0 unspecified atom stereocenters. The van der Waals surface area contributed by atoms with Gasteiger partial charge in [0.2, 0.25) is 0 Å². The molecule has 28 heavy (non-hydrogen) atoms. The fraction of sp³-hybridized carbons (Fsp3) is 0. The number of hydrogen-bond acceptors (Lipinski definition) is 0. The smallest absolute Gasteiger partial charge is 0.0568 e. The van der Waals surface area contributed by atoms with E-state index < -0.39 is 0 Å². The molecule has 0 spiro atoms. The van der Waals surface area contributed by atoms with Gasteiger partial charge in [-0.2, -0.15) is 0 Å². The Morgan fingerprint density at radius 1 is 0.607 bits per heavy atom. The van der Waals surface area contributed by atoms with Gasteiger partial charge >= 0.3 is 0 Å². The van der Waals surface area contributed by atoms with Crippen molar-refractivity contribution in [3.05, 3.63) is 103 Å². The first kappa shape index (κ1) is 15.3. The van der Waals surface area contributed by atoms with E-state index in [9.17, 15) is 0 Å². The number of aromatic amines is 1. The molecule has 2 aromatic heterocycles. The van der Waals surface area contributed by atoms with Crippen LogP contribution in [0.1, 0.15) is 0 Å². The van der Waals surface area contributed by atoms with Crippen LogP contribution in [0.25, 0.3) is 49.5 Å². The summed E-state index contributed by atoms with van der Waals surface area (Å²) in [6.07, 6.45) is 2.03. The van der Waals surface area contributed by atoms with E-state index in [1.165, 1.54) is 44.0 Å². The lowest BCUT2D eigenvalue weighted by atomic mass is 9.96. The minimum absolute atomic E-state index is 1.16. The molecule has 0 aliphatic carbocycles. The van der Waals surface area contributed by atoms with E-state index in [0.717, 1.165) is 5.52 Å². The van der Waals surface area contributed by atoms with E-state index in [4.69, 9.17) is 0 Å². The zero-order chi connectivity index (χ0) is 18.5. The Morgan fingerprint density at radius 3 is 2.14 bits per heavy atom. The second kappa shape index (κ2) is 5.86. The summed E-state index contributed by atoms with van der Waals surface area (Å²) in [6.45, 7) is 0. The fourth-order valence-electron chi connectivity index (χ4n) is 4.41. The van der Waals surface area contributed by atoms with Gasteiger partial charge in [-0.05, 0) is 35.9 Å². The number of nitrogens with zero attached hydrogens (tertiary/aromatic N) is 1. The topological polar surface area (TPSA) is 20.7 Å². The van der Waals surface area contributed by atoms with Gasteiger partial charge in [-0.25, -0.2) is 0 Å². The van der Waals surface area contributed by atoms with Gasteiger partial charge in [-0.15, -0.1) is 0 Å². The van der Waals surface area contributed by atoms with Gasteiger partial charge in [0.15, 0.2) is 0 Å². The van der Waals surface area contributed by atoms with Crippen LogP contribution in [0.3, 0.4) is 0 Å². The minimum Gasteiger partial charge on any atom is -0.361 e. The monoisotopic (exact) mass is 358 g/mol. The highest BCUT2D eigenvalue weighted by Gasteiger charge is 2.18. The highest BCUT2D eigenvalue weighted by molar-refractivity contribution is 6.22. The molecule has 0 saturated heterocycles. The minimum atomic E-state index is 1.16. The molecule has 0 fully saturated rings. The van der Waals surface area contributed by atoms with Crippen LogP contribution in [-0.2, 0) is 0 Å². The average molecular weight is 358 g/mol. The molecule has 1 N–H and O–H groups in total. The van der Waals surface area contributed by atoms with Gasteiger partial charge in [0, 0.05) is 39.1 Å². The molecule has 0 amide bonds. The van der Waals surface area contributed by atoms with Crippen LogP contribution in [-0.4, -0.2) is 9.55 Å². The van der Waals surface area contributed by atoms with Crippen LogP contribution in [0.4, 0.5) is 0 Å². The van der Waals surface area contributed by atoms with E-state index in [-0.39, 0.29) is 0 Å². The van der Waals surface area contributed by atoms with Gasteiger partial charge in [-0.3, -0.25) is 0 Å². The van der Waals surface area contributed by atoms with Gasteiger partial charge < -0.3 is 9.55 Å². The van der Waals surface area contributed by atoms with Crippen molar-refractivity contribution >= 4 is 32.7 Å². The van der Waals surface area contributed by atoms with E-state index in [0.29, 0.717) is 0 Å². The zero-order valence-electron chi connectivity index (χ0n) is 15.3. The molecule has 6 aromatic rings. The number of nitrogens with one attached hydrogen (secondary N) is 1. The van der Waals surface area contributed by atoms with Gasteiger partial charge in [0.25, 0.3) is 0 Å². The third kappa shape index (κ3) is 2.09. The molecule has 0 aliphatic rings. The molecule has 2 nitrogen and oxygen atoms in total. The Bertz CT molecular complexity index is 1440. The van der Waals surface area contributed by atoms with Crippen molar-refractivity contribution in [3.63, 3.8) is 0 Å². The van der Waals surface area contributed by atoms with E-state index in [2.05, 4.69) is 107 Å². The molecule has 2 heteroatoms. The third-order valence-electron chi connectivity index (χ3n) is 5.57. The molecule has 132 valence electrons. The highest BCUT2D eigenvalue weighted by atomic mass is 15.0. The molecule has 0 radical (unpaired) electrons. The van der Waals surface area contributed by atoms with Crippen molar-refractivity contribution in [1.82, 2.24) is 9.55 Å². The van der Waals surface area contributed by atoms with E-state index in [1.807, 2.05) is 6.20 Å². The first-order valence-electron chi connectivity index (χ1n) is 9.56. The molecular weight excluding hydrogens is 340 g/mol. The first-order chi connectivity index (χ1) is 13.9. The van der Waals surface area contributed by atoms with Crippen molar-refractivity contribution in [3.8, 4) is 16.8 Å². The Hall–Kier alpha value is -3.78. The highest BCUT2D eigenvalue weighted by Crippen LogP contribution is 2.42. The number of para-hydroxylation sites is 2. The third-order valence-corrected chi connectivity index (χ3v) is 5.57. The number of benzene rings is 4. The summed E-state index contributed by atoms with van der Waals surface area (Å²) in [5.74, 6) is 0. The summed E-state index contributed by atoms with van der Waals surface area (Å²) in [5.41, 5.74) is 7.33. The van der Waals surface area contributed by atoms with Crippen molar-refractivity contribution < 1.29 is 0 Å².